The van der Waals surface area contributed by atoms with Crippen molar-refractivity contribution in [2.24, 2.45) is 0 Å². The van der Waals surface area contributed by atoms with Gasteiger partial charge in [0.15, 0.2) is 6.10 Å². The quantitative estimate of drug-likeness (QED) is 0.0149. The number of allylic oxidation sites excluding steroid dienone is 8. The number of aliphatic hydroxyl groups is 5. The van der Waals surface area contributed by atoms with E-state index in [1.165, 1.54) is 51.4 Å². The average Bonchev–Trinajstić information content (AvgIpc) is 3.23. The van der Waals surface area contributed by atoms with Crippen LogP contribution in [0, 0.1) is 0 Å². The fourth-order valence-electron chi connectivity index (χ4n) is 6.64. The molecule has 0 radical (unpaired) electrons. The van der Waals surface area contributed by atoms with E-state index in [4.69, 9.17) is 18.5 Å². The molecule has 14 heteroatoms. The molecule has 0 amide bonds. The van der Waals surface area contributed by atoms with E-state index < -0.39 is 75.7 Å². The Morgan fingerprint density at radius 2 is 0.900 bits per heavy atom. The molecule has 0 saturated heterocycles. The third kappa shape index (κ3) is 28.4. The van der Waals surface area contributed by atoms with Gasteiger partial charge in [0.25, 0.3) is 0 Å². The Hall–Kier alpha value is -2.19. The minimum Gasteiger partial charge on any atom is -0.462 e. The van der Waals surface area contributed by atoms with Gasteiger partial charge in [-0.3, -0.25) is 18.6 Å². The summed E-state index contributed by atoms with van der Waals surface area (Å²) in [5.74, 6) is -1.14. The highest BCUT2D eigenvalue weighted by Crippen LogP contribution is 2.47. The van der Waals surface area contributed by atoms with Crippen molar-refractivity contribution in [1.82, 2.24) is 0 Å². The van der Waals surface area contributed by atoms with Gasteiger partial charge in [0, 0.05) is 12.8 Å². The Morgan fingerprint density at radius 3 is 1.42 bits per heavy atom. The summed E-state index contributed by atoms with van der Waals surface area (Å²) < 4.78 is 33.5. The first-order chi connectivity index (χ1) is 28.9. The van der Waals surface area contributed by atoms with Crippen molar-refractivity contribution in [1.29, 1.82) is 0 Å². The Morgan fingerprint density at radius 1 is 0.517 bits per heavy atom. The van der Waals surface area contributed by atoms with Gasteiger partial charge < -0.3 is 39.9 Å². The molecule has 1 aliphatic carbocycles. The SMILES string of the molecule is CCCCC/C=C\C/C=C\C/C=C\CCCCCCC(=O)O[C@H](COC(=O)CCCCCCC/C=C\CCCCCCC)COP(=O)(O)OC1C(O)C(O)C(O)[C@@H](O)C1O. The predicted octanol–water partition coefficient (Wildman–Crippen LogP) is 8.78. The van der Waals surface area contributed by atoms with E-state index in [-0.39, 0.29) is 12.8 Å². The summed E-state index contributed by atoms with van der Waals surface area (Å²) in [7, 11) is -5.13. The monoisotopic (exact) mass is 873 g/mol. The first-order valence-electron chi connectivity index (χ1n) is 22.9. The summed E-state index contributed by atoms with van der Waals surface area (Å²) >= 11 is 0. The largest absolute Gasteiger partial charge is 0.472 e. The number of aliphatic hydroxyl groups excluding tert-OH is 5. The number of carbonyl (C=O) groups excluding carboxylic acids is 2. The second-order valence-corrected chi connectivity index (χ2v) is 17.3. The highest BCUT2D eigenvalue weighted by Gasteiger charge is 2.51. The van der Waals surface area contributed by atoms with Crippen molar-refractivity contribution in [2.45, 2.75) is 217 Å². The van der Waals surface area contributed by atoms with Gasteiger partial charge in [-0.25, -0.2) is 4.57 Å². The Labute approximate surface area is 360 Å². The minimum atomic E-state index is -5.13. The number of unbranched alkanes of at least 4 members (excludes halogenated alkanes) is 17. The zero-order valence-electron chi connectivity index (χ0n) is 36.7. The molecule has 1 saturated carbocycles. The third-order valence-corrected chi connectivity index (χ3v) is 11.4. The fourth-order valence-corrected chi connectivity index (χ4v) is 7.61. The van der Waals surface area contributed by atoms with Crippen LogP contribution >= 0.6 is 7.82 Å². The van der Waals surface area contributed by atoms with Crippen molar-refractivity contribution < 1.29 is 63.1 Å². The Kier molecular flexibility index (Phi) is 33.8. The second kappa shape index (κ2) is 36.3. The molecule has 1 fully saturated rings. The summed E-state index contributed by atoms with van der Waals surface area (Å²) in [5, 5.41) is 50.1. The van der Waals surface area contributed by atoms with E-state index in [0.717, 1.165) is 83.5 Å². The van der Waals surface area contributed by atoms with E-state index in [2.05, 4.69) is 62.5 Å². The first kappa shape index (κ1) is 55.8. The van der Waals surface area contributed by atoms with Crippen LogP contribution in [-0.2, 0) is 32.7 Å². The molecule has 6 unspecified atom stereocenters. The number of phosphoric acid groups is 1. The van der Waals surface area contributed by atoms with Gasteiger partial charge >= 0.3 is 19.8 Å². The molecule has 8 atom stereocenters. The van der Waals surface area contributed by atoms with Crippen LogP contribution in [0.5, 0.6) is 0 Å². The lowest BCUT2D eigenvalue weighted by Crippen LogP contribution is -2.64. The molecule has 0 aliphatic heterocycles. The van der Waals surface area contributed by atoms with Gasteiger partial charge in [-0.1, -0.05) is 133 Å². The van der Waals surface area contributed by atoms with Crippen LogP contribution in [0.4, 0.5) is 0 Å². The van der Waals surface area contributed by atoms with Crippen LogP contribution in [0.2, 0.25) is 0 Å². The topological polar surface area (TPSA) is 210 Å². The summed E-state index contributed by atoms with van der Waals surface area (Å²) in [6.07, 6.45) is 28.7. The van der Waals surface area contributed by atoms with Gasteiger partial charge in [-0.2, -0.15) is 0 Å². The van der Waals surface area contributed by atoms with Crippen molar-refractivity contribution in [3.05, 3.63) is 48.6 Å². The molecule has 0 aromatic carbocycles. The summed E-state index contributed by atoms with van der Waals surface area (Å²) in [6.45, 7) is 3.23. The summed E-state index contributed by atoms with van der Waals surface area (Å²) in [5.41, 5.74) is 0. The average molecular weight is 873 g/mol. The molecular formula is C46H81O13P. The van der Waals surface area contributed by atoms with Gasteiger partial charge in [-0.15, -0.1) is 0 Å². The van der Waals surface area contributed by atoms with Gasteiger partial charge in [0.2, 0.25) is 0 Å². The highest BCUT2D eigenvalue weighted by molar-refractivity contribution is 7.47. The molecule has 0 spiro atoms. The van der Waals surface area contributed by atoms with Crippen molar-refractivity contribution in [2.75, 3.05) is 13.2 Å². The zero-order valence-corrected chi connectivity index (χ0v) is 37.6. The predicted molar refractivity (Wildman–Crippen MR) is 235 cm³/mol. The zero-order chi connectivity index (χ0) is 44.3. The maximum atomic E-state index is 12.8. The maximum Gasteiger partial charge on any atom is 0.472 e. The number of hydrogen-bond acceptors (Lipinski definition) is 12. The molecule has 0 aromatic rings. The first-order valence-corrected chi connectivity index (χ1v) is 24.4. The second-order valence-electron chi connectivity index (χ2n) is 15.9. The Bertz CT molecular complexity index is 1240. The molecule has 13 nitrogen and oxygen atoms in total. The van der Waals surface area contributed by atoms with E-state index in [0.29, 0.717) is 12.8 Å². The van der Waals surface area contributed by atoms with Crippen molar-refractivity contribution in [3.63, 3.8) is 0 Å². The fraction of sp³-hybridized carbons (Fsp3) is 0.783. The van der Waals surface area contributed by atoms with E-state index in [1.54, 1.807) is 0 Å². The van der Waals surface area contributed by atoms with Crippen LogP contribution in [0.25, 0.3) is 0 Å². The van der Waals surface area contributed by atoms with Crippen LogP contribution in [0.3, 0.4) is 0 Å². The van der Waals surface area contributed by atoms with E-state index >= 15 is 0 Å². The summed E-state index contributed by atoms with van der Waals surface area (Å²) in [4.78, 5) is 35.7. The lowest BCUT2D eigenvalue weighted by molar-refractivity contribution is -0.220. The summed E-state index contributed by atoms with van der Waals surface area (Å²) in [6, 6.07) is 0. The van der Waals surface area contributed by atoms with Crippen LogP contribution in [0.1, 0.15) is 174 Å². The molecule has 0 aromatic heterocycles. The number of ether oxygens (including phenoxy) is 2. The smallest absolute Gasteiger partial charge is 0.462 e. The van der Waals surface area contributed by atoms with E-state index in [9.17, 15) is 44.6 Å². The molecule has 0 bridgehead atoms. The number of hydrogen-bond donors (Lipinski definition) is 6. The van der Waals surface area contributed by atoms with Crippen LogP contribution in [0.15, 0.2) is 48.6 Å². The Balaban J connectivity index is 2.50. The van der Waals surface area contributed by atoms with Crippen molar-refractivity contribution >= 4 is 19.8 Å². The number of phosphoric ester groups is 1. The molecule has 0 heterocycles. The minimum absolute atomic E-state index is 0.0683. The highest BCUT2D eigenvalue weighted by atomic mass is 31.2. The standard InChI is InChI=1S/C46H81O13P/c1-3-5-7-9-11-13-15-17-19-20-21-23-25-27-29-31-33-35-40(48)58-38(37-57-60(54,55)59-46-44(52)42(50)41(49)43(51)45(46)53)36-56-39(47)34-32-30-28-26-24-22-18-16-14-12-10-8-6-4-2/h11,13,16-19,21,23,38,41-46,49-53H,3-10,12,14-15,20,22,24-37H2,1-2H3,(H,54,55)/b13-11-,18-16-,19-17-,23-21-/t38-,41?,42-,43?,44?,45?,46?/m1/s1. The van der Waals surface area contributed by atoms with Gasteiger partial charge in [0.1, 0.15) is 43.2 Å². The third-order valence-electron chi connectivity index (χ3n) is 10.4. The molecule has 348 valence electrons. The van der Waals surface area contributed by atoms with Crippen LogP contribution < -0.4 is 0 Å². The molecule has 60 heavy (non-hydrogen) atoms. The van der Waals surface area contributed by atoms with Gasteiger partial charge in [-0.05, 0) is 77.0 Å². The van der Waals surface area contributed by atoms with Gasteiger partial charge in [0.05, 0.1) is 6.61 Å². The van der Waals surface area contributed by atoms with Crippen molar-refractivity contribution in [3.8, 4) is 0 Å². The normalized spacial score (nSPS) is 22.6. The number of carbonyl (C=O) groups is 2. The molecule has 1 rings (SSSR count). The maximum absolute atomic E-state index is 12.8. The van der Waals surface area contributed by atoms with E-state index in [1.807, 2.05) is 0 Å². The number of rotatable bonds is 37. The lowest BCUT2D eigenvalue weighted by atomic mass is 9.85. The molecule has 1 aliphatic rings. The number of esters is 2. The van der Waals surface area contributed by atoms with Crippen LogP contribution in [-0.4, -0.2) is 98.3 Å². The molecule has 6 N–H and O–H groups in total. The molecular weight excluding hydrogens is 791 g/mol. The lowest BCUT2D eigenvalue weighted by Gasteiger charge is -2.41.